The van der Waals surface area contributed by atoms with Gasteiger partial charge in [0.15, 0.2) is 0 Å². The Morgan fingerprint density at radius 1 is 1.08 bits per heavy atom. The molecule has 5 heteroatoms. The second-order valence-corrected chi connectivity index (χ2v) is 6.59. The predicted molar refractivity (Wildman–Crippen MR) is 105 cm³/mol. The summed E-state index contributed by atoms with van der Waals surface area (Å²) >= 11 is 3.43. The Hall–Kier alpha value is -2.66. The molecule has 3 rings (SSSR count). The van der Waals surface area contributed by atoms with Crippen molar-refractivity contribution in [1.82, 2.24) is 4.98 Å². The number of aromatic nitrogens is 1. The van der Waals surface area contributed by atoms with Crippen molar-refractivity contribution in [1.29, 1.82) is 0 Å². The Labute approximate surface area is 155 Å². The van der Waals surface area contributed by atoms with E-state index in [0.29, 0.717) is 12.1 Å². The molecule has 126 valence electrons. The lowest BCUT2D eigenvalue weighted by Crippen LogP contribution is -2.13. The number of anilines is 2. The lowest BCUT2D eigenvalue weighted by Gasteiger charge is -2.10. The molecule has 0 saturated heterocycles. The summed E-state index contributed by atoms with van der Waals surface area (Å²) in [5.74, 6) is -0.196. The van der Waals surface area contributed by atoms with E-state index in [9.17, 15) is 4.79 Å². The van der Waals surface area contributed by atoms with Gasteiger partial charge in [-0.1, -0.05) is 42.0 Å². The Kier molecular flexibility index (Phi) is 5.46. The van der Waals surface area contributed by atoms with Crippen LogP contribution in [0.5, 0.6) is 0 Å². The number of para-hydroxylation sites is 1. The quantitative estimate of drug-likeness (QED) is 0.637. The summed E-state index contributed by atoms with van der Waals surface area (Å²) in [6.45, 7) is 2.75. The molecule has 0 fully saturated rings. The largest absolute Gasteiger partial charge is 0.380 e. The van der Waals surface area contributed by atoms with Gasteiger partial charge in [-0.15, -0.1) is 0 Å². The molecule has 1 aromatic heterocycles. The van der Waals surface area contributed by atoms with Crippen LogP contribution in [0, 0.1) is 6.92 Å². The van der Waals surface area contributed by atoms with E-state index in [4.69, 9.17) is 0 Å². The molecule has 0 saturated carbocycles. The molecule has 0 radical (unpaired) electrons. The van der Waals surface area contributed by atoms with Gasteiger partial charge in [-0.3, -0.25) is 9.78 Å². The number of hydrogen-bond donors (Lipinski definition) is 2. The van der Waals surface area contributed by atoms with E-state index in [1.54, 1.807) is 18.5 Å². The third-order valence-corrected chi connectivity index (χ3v) is 4.39. The van der Waals surface area contributed by atoms with E-state index in [-0.39, 0.29) is 5.91 Å². The first-order chi connectivity index (χ1) is 12.1. The third-order valence-electron chi connectivity index (χ3n) is 3.70. The highest BCUT2D eigenvalue weighted by molar-refractivity contribution is 9.10. The molecule has 0 atom stereocenters. The highest BCUT2D eigenvalue weighted by Gasteiger charge is 2.09. The van der Waals surface area contributed by atoms with Crippen LogP contribution in [0.2, 0.25) is 0 Å². The number of nitrogens with zero attached hydrogens (tertiary/aromatic N) is 1. The molecular formula is C20H18BrN3O. The van der Waals surface area contributed by atoms with Crippen LogP contribution in [0.1, 0.15) is 21.5 Å². The number of carbonyl (C=O) groups is 1. The number of pyridine rings is 1. The second-order valence-electron chi connectivity index (χ2n) is 5.74. The summed E-state index contributed by atoms with van der Waals surface area (Å²) in [5, 5.41) is 6.19. The fourth-order valence-electron chi connectivity index (χ4n) is 2.44. The van der Waals surface area contributed by atoms with Gasteiger partial charge in [0.25, 0.3) is 5.91 Å². The van der Waals surface area contributed by atoms with Crippen molar-refractivity contribution in [2.75, 3.05) is 10.6 Å². The Morgan fingerprint density at radius 2 is 1.92 bits per heavy atom. The summed E-state index contributed by atoms with van der Waals surface area (Å²) in [5.41, 5.74) is 4.44. The smallest absolute Gasteiger partial charge is 0.257 e. The third kappa shape index (κ3) is 4.67. The lowest BCUT2D eigenvalue weighted by molar-refractivity contribution is 0.102. The van der Waals surface area contributed by atoms with Crippen molar-refractivity contribution in [2.24, 2.45) is 0 Å². The minimum atomic E-state index is -0.196. The van der Waals surface area contributed by atoms with Gasteiger partial charge >= 0.3 is 0 Å². The van der Waals surface area contributed by atoms with Crippen LogP contribution < -0.4 is 10.6 Å². The summed E-state index contributed by atoms with van der Waals surface area (Å²) in [7, 11) is 0. The molecule has 2 N–H and O–H groups in total. The van der Waals surface area contributed by atoms with E-state index < -0.39 is 0 Å². The normalized spacial score (nSPS) is 10.3. The Balaban J connectivity index is 1.68. The maximum atomic E-state index is 12.4. The first-order valence-corrected chi connectivity index (χ1v) is 8.71. The molecule has 4 nitrogen and oxygen atoms in total. The maximum absolute atomic E-state index is 12.4. The maximum Gasteiger partial charge on any atom is 0.257 e. The van der Waals surface area contributed by atoms with Gasteiger partial charge in [0.2, 0.25) is 0 Å². The van der Waals surface area contributed by atoms with Gasteiger partial charge < -0.3 is 10.6 Å². The highest BCUT2D eigenvalue weighted by atomic mass is 79.9. The molecule has 0 bridgehead atoms. The SMILES string of the molecule is Cc1cccc(CNc2cncc(C(=O)Nc3ccccc3Br)c2)c1. The second kappa shape index (κ2) is 7.94. The zero-order valence-electron chi connectivity index (χ0n) is 13.8. The molecule has 0 aliphatic heterocycles. The van der Waals surface area contributed by atoms with E-state index in [0.717, 1.165) is 15.8 Å². The van der Waals surface area contributed by atoms with E-state index in [1.165, 1.54) is 11.1 Å². The monoisotopic (exact) mass is 395 g/mol. The average Bonchev–Trinajstić information content (AvgIpc) is 2.62. The summed E-state index contributed by atoms with van der Waals surface area (Å²) in [6.07, 6.45) is 3.27. The molecule has 25 heavy (non-hydrogen) atoms. The standard InChI is InChI=1S/C20H18BrN3O/c1-14-5-4-6-15(9-14)11-23-17-10-16(12-22-13-17)20(25)24-19-8-3-2-7-18(19)21/h2-10,12-13,23H,11H2,1H3,(H,24,25). The fraction of sp³-hybridized carbons (Fsp3) is 0.100. The van der Waals surface area contributed by atoms with Crippen LogP contribution in [0.15, 0.2) is 71.5 Å². The van der Waals surface area contributed by atoms with Crippen molar-refractivity contribution in [3.63, 3.8) is 0 Å². The van der Waals surface area contributed by atoms with Gasteiger partial charge in [0.05, 0.1) is 16.9 Å². The number of rotatable bonds is 5. The molecule has 3 aromatic rings. The van der Waals surface area contributed by atoms with Gasteiger partial charge in [-0.05, 0) is 46.6 Å². The number of benzene rings is 2. The molecule has 0 spiro atoms. The minimum absolute atomic E-state index is 0.196. The first-order valence-electron chi connectivity index (χ1n) is 7.92. The molecule has 0 aliphatic rings. The molecule has 0 aliphatic carbocycles. The molecule has 1 heterocycles. The topological polar surface area (TPSA) is 54.0 Å². The van der Waals surface area contributed by atoms with E-state index >= 15 is 0 Å². The number of hydrogen-bond acceptors (Lipinski definition) is 3. The zero-order chi connectivity index (χ0) is 17.6. The van der Waals surface area contributed by atoms with Crippen LogP contribution in [-0.2, 0) is 6.54 Å². The van der Waals surface area contributed by atoms with Crippen LogP contribution in [0.25, 0.3) is 0 Å². The predicted octanol–water partition coefficient (Wildman–Crippen LogP) is 5.02. The Bertz CT molecular complexity index is 895. The molecule has 1 amide bonds. The molecular weight excluding hydrogens is 378 g/mol. The number of carbonyl (C=O) groups excluding carboxylic acids is 1. The van der Waals surface area contributed by atoms with Crippen molar-refractivity contribution in [3.8, 4) is 0 Å². The fourth-order valence-corrected chi connectivity index (χ4v) is 2.83. The average molecular weight is 396 g/mol. The molecule has 0 unspecified atom stereocenters. The van der Waals surface area contributed by atoms with Crippen molar-refractivity contribution < 1.29 is 4.79 Å². The van der Waals surface area contributed by atoms with Gasteiger partial charge in [0.1, 0.15) is 0 Å². The van der Waals surface area contributed by atoms with Crippen LogP contribution in [0.3, 0.4) is 0 Å². The molecule has 2 aromatic carbocycles. The summed E-state index contributed by atoms with van der Waals surface area (Å²) in [6, 6.07) is 17.6. The van der Waals surface area contributed by atoms with Crippen molar-refractivity contribution in [3.05, 3.63) is 88.2 Å². The van der Waals surface area contributed by atoms with Gasteiger partial charge in [-0.2, -0.15) is 0 Å². The van der Waals surface area contributed by atoms with E-state index in [1.807, 2.05) is 30.3 Å². The first kappa shape index (κ1) is 17.2. The van der Waals surface area contributed by atoms with Crippen LogP contribution in [-0.4, -0.2) is 10.9 Å². The number of nitrogens with one attached hydrogen (secondary N) is 2. The van der Waals surface area contributed by atoms with Crippen molar-refractivity contribution in [2.45, 2.75) is 13.5 Å². The lowest BCUT2D eigenvalue weighted by atomic mass is 10.1. The summed E-state index contributed by atoms with van der Waals surface area (Å²) < 4.78 is 0.838. The van der Waals surface area contributed by atoms with Crippen molar-refractivity contribution >= 4 is 33.2 Å². The van der Waals surface area contributed by atoms with Crippen LogP contribution in [0.4, 0.5) is 11.4 Å². The zero-order valence-corrected chi connectivity index (χ0v) is 15.4. The van der Waals surface area contributed by atoms with Gasteiger partial charge in [0, 0.05) is 23.4 Å². The minimum Gasteiger partial charge on any atom is -0.380 e. The number of halogens is 1. The van der Waals surface area contributed by atoms with Gasteiger partial charge in [-0.25, -0.2) is 0 Å². The van der Waals surface area contributed by atoms with Crippen LogP contribution >= 0.6 is 15.9 Å². The summed E-state index contributed by atoms with van der Waals surface area (Å²) in [4.78, 5) is 16.6. The van der Waals surface area contributed by atoms with E-state index in [2.05, 4.69) is 56.7 Å². The Morgan fingerprint density at radius 3 is 2.72 bits per heavy atom. The number of amides is 1. The highest BCUT2D eigenvalue weighted by Crippen LogP contribution is 2.22. The number of aryl methyl sites for hydroxylation is 1.